The highest BCUT2D eigenvalue weighted by Gasteiger charge is 1.97. The highest BCUT2D eigenvalue weighted by atomic mass is 32.1. The van der Waals surface area contributed by atoms with Crippen molar-refractivity contribution in [1.29, 1.82) is 0 Å². The molecular weight excluding hydrogens is 170 g/mol. The van der Waals surface area contributed by atoms with Gasteiger partial charge in [0.2, 0.25) is 5.91 Å². The molecule has 0 unspecified atom stereocenters. The molecule has 0 atom stereocenters. The van der Waals surface area contributed by atoms with Gasteiger partial charge in [-0.3, -0.25) is 4.79 Å². The minimum Gasteiger partial charge on any atom is -0.366 e. The van der Waals surface area contributed by atoms with Crippen molar-refractivity contribution in [2.45, 2.75) is 0 Å². The highest BCUT2D eigenvalue weighted by molar-refractivity contribution is 7.85. The average molecular weight is 177 g/mol. The molecule has 0 saturated carbocycles. The first-order chi connectivity index (χ1) is 5.74. The predicted octanol–water partition coefficient (Wildman–Crippen LogP) is 1.02. The summed E-state index contributed by atoms with van der Waals surface area (Å²) in [6, 6.07) is 6.72. The first-order valence-corrected chi connectivity index (χ1v) is 3.73. The van der Waals surface area contributed by atoms with Crippen LogP contribution in [0, 0.1) is 11.2 Å². The number of primary amides is 1. The normalized spacial score (nSPS) is 8.42. The topological polar surface area (TPSA) is 43.1 Å². The van der Waals surface area contributed by atoms with E-state index < -0.39 is 5.91 Å². The molecule has 0 aliphatic heterocycles. The maximum absolute atomic E-state index is 10.6. The first-order valence-electron chi connectivity index (χ1n) is 3.29. The lowest BCUT2D eigenvalue weighted by Gasteiger charge is -1.93. The van der Waals surface area contributed by atoms with Crippen LogP contribution in [-0.2, 0) is 0 Å². The zero-order valence-electron chi connectivity index (χ0n) is 6.24. The average Bonchev–Trinajstić information content (AvgIpc) is 2.06. The van der Waals surface area contributed by atoms with E-state index in [0.29, 0.717) is 5.56 Å². The van der Waals surface area contributed by atoms with Gasteiger partial charge in [-0.25, -0.2) is 0 Å². The maximum Gasteiger partial charge on any atom is 0.248 e. The van der Waals surface area contributed by atoms with E-state index in [0.717, 1.165) is 5.56 Å². The number of carbonyl (C=O) groups is 1. The van der Waals surface area contributed by atoms with Crippen molar-refractivity contribution in [1.82, 2.24) is 0 Å². The molecule has 0 radical (unpaired) electrons. The number of hydrogen-bond donors (Lipinski definition) is 2. The van der Waals surface area contributed by atoms with Gasteiger partial charge in [0.25, 0.3) is 0 Å². The van der Waals surface area contributed by atoms with Crippen LogP contribution in [0.5, 0.6) is 0 Å². The van der Waals surface area contributed by atoms with Crippen molar-refractivity contribution in [2.24, 2.45) is 5.73 Å². The number of amides is 1. The van der Waals surface area contributed by atoms with Crippen LogP contribution in [0.1, 0.15) is 15.9 Å². The van der Waals surface area contributed by atoms with Crippen molar-refractivity contribution in [3.63, 3.8) is 0 Å². The van der Waals surface area contributed by atoms with E-state index in [1.165, 1.54) is 0 Å². The molecule has 0 aliphatic carbocycles. The zero-order chi connectivity index (χ0) is 8.97. The Morgan fingerprint density at radius 2 is 1.92 bits per heavy atom. The summed E-state index contributed by atoms with van der Waals surface area (Å²) in [5, 5.41) is 2.46. The molecule has 0 spiro atoms. The Bertz CT molecular complexity index is 345. The smallest absolute Gasteiger partial charge is 0.248 e. The summed E-state index contributed by atoms with van der Waals surface area (Å²) in [6.45, 7) is 0. The Labute approximate surface area is 76.2 Å². The molecule has 2 N–H and O–H groups in total. The summed E-state index contributed by atoms with van der Waals surface area (Å²) < 4.78 is 0. The van der Waals surface area contributed by atoms with Gasteiger partial charge in [-0.2, -0.15) is 0 Å². The number of rotatable bonds is 1. The van der Waals surface area contributed by atoms with Crippen LogP contribution in [-0.4, -0.2) is 5.91 Å². The fourth-order valence-corrected chi connectivity index (χ4v) is 0.911. The number of thiol groups is 1. The number of nitrogens with two attached hydrogens (primary N) is 1. The molecule has 2 nitrogen and oxygen atoms in total. The van der Waals surface area contributed by atoms with E-state index in [1.54, 1.807) is 24.3 Å². The van der Waals surface area contributed by atoms with Crippen LogP contribution in [0.15, 0.2) is 24.3 Å². The summed E-state index contributed by atoms with van der Waals surface area (Å²) in [4.78, 5) is 10.6. The molecular formula is C9H7NOS. The number of benzene rings is 1. The van der Waals surface area contributed by atoms with Gasteiger partial charge in [-0.15, -0.1) is 0 Å². The van der Waals surface area contributed by atoms with Crippen molar-refractivity contribution in [3.05, 3.63) is 35.4 Å². The van der Waals surface area contributed by atoms with Crippen LogP contribution < -0.4 is 5.73 Å². The fraction of sp³-hybridized carbons (Fsp3) is 0. The van der Waals surface area contributed by atoms with Crippen LogP contribution in [0.4, 0.5) is 0 Å². The summed E-state index contributed by atoms with van der Waals surface area (Å²) in [6.07, 6.45) is 0. The second-order valence-electron chi connectivity index (χ2n) is 2.18. The molecule has 60 valence electrons. The van der Waals surface area contributed by atoms with Gasteiger partial charge < -0.3 is 5.73 Å². The van der Waals surface area contributed by atoms with E-state index in [1.807, 2.05) is 0 Å². The molecule has 0 aliphatic rings. The SMILES string of the molecule is NC(=O)c1ccc(C#CS)cc1. The molecule has 1 aromatic carbocycles. The van der Waals surface area contributed by atoms with E-state index >= 15 is 0 Å². The lowest BCUT2D eigenvalue weighted by atomic mass is 10.1. The third kappa shape index (κ3) is 2.04. The molecule has 0 bridgehead atoms. The van der Waals surface area contributed by atoms with Crippen molar-refractivity contribution >= 4 is 18.5 Å². The van der Waals surface area contributed by atoms with Gasteiger partial charge in [0, 0.05) is 11.1 Å². The molecule has 1 rings (SSSR count). The monoisotopic (exact) mass is 177 g/mol. The molecule has 0 fully saturated rings. The van der Waals surface area contributed by atoms with Gasteiger partial charge in [0.05, 0.1) is 0 Å². The third-order valence-electron chi connectivity index (χ3n) is 1.37. The first kappa shape index (κ1) is 8.69. The van der Waals surface area contributed by atoms with Crippen molar-refractivity contribution < 1.29 is 4.79 Å². The van der Waals surface area contributed by atoms with E-state index in [2.05, 4.69) is 23.8 Å². The fourth-order valence-electron chi connectivity index (χ4n) is 0.782. The molecule has 3 heteroatoms. The van der Waals surface area contributed by atoms with E-state index in [-0.39, 0.29) is 0 Å². The lowest BCUT2D eigenvalue weighted by Crippen LogP contribution is -2.10. The van der Waals surface area contributed by atoms with Gasteiger partial charge in [0.15, 0.2) is 0 Å². The highest BCUT2D eigenvalue weighted by Crippen LogP contribution is 2.01. The molecule has 0 heterocycles. The molecule has 0 aromatic heterocycles. The Kier molecular flexibility index (Phi) is 2.78. The maximum atomic E-state index is 10.6. The standard InChI is InChI=1S/C9H7NOS/c10-9(11)8-3-1-7(2-4-8)5-6-12/h1-4,12H,(H2,10,11). The van der Waals surface area contributed by atoms with Gasteiger partial charge in [-0.05, 0) is 29.5 Å². The van der Waals surface area contributed by atoms with E-state index in [4.69, 9.17) is 5.73 Å². The number of carbonyl (C=O) groups excluding carboxylic acids is 1. The molecule has 12 heavy (non-hydrogen) atoms. The second-order valence-corrected chi connectivity index (χ2v) is 2.40. The third-order valence-corrected chi connectivity index (χ3v) is 1.48. The Morgan fingerprint density at radius 1 is 1.33 bits per heavy atom. The van der Waals surface area contributed by atoms with Crippen molar-refractivity contribution in [3.8, 4) is 11.2 Å². The second kappa shape index (κ2) is 3.84. The van der Waals surface area contributed by atoms with Crippen LogP contribution >= 0.6 is 12.6 Å². The Morgan fingerprint density at radius 3 is 2.33 bits per heavy atom. The molecule has 1 amide bonds. The Balaban J connectivity index is 2.98. The van der Waals surface area contributed by atoms with Crippen LogP contribution in [0.25, 0.3) is 0 Å². The van der Waals surface area contributed by atoms with Gasteiger partial charge in [0.1, 0.15) is 0 Å². The Hall–Kier alpha value is -1.40. The zero-order valence-corrected chi connectivity index (χ0v) is 7.14. The molecule has 1 aromatic rings. The van der Waals surface area contributed by atoms with Crippen LogP contribution in [0.2, 0.25) is 0 Å². The largest absolute Gasteiger partial charge is 0.366 e. The quantitative estimate of drug-likeness (QED) is 0.488. The summed E-state index contributed by atoms with van der Waals surface area (Å²) in [7, 11) is 0. The minimum absolute atomic E-state index is 0.430. The van der Waals surface area contributed by atoms with E-state index in [9.17, 15) is 4.79 Å². The summed E-state index contributed by atoms with van der Waals surface area (Å²) in [5.41, 5.74) is 6.35. The van der Waals surface area contributed by atoms with Gasteiger partial charge in [-0.1, -0.05) is 18.5 Å². The van der Waals surface area contributed by atoms with Gasteiger partial charge >= 0.3 is 0 Å². The summed E-state index contributed by atoms with van der Waals surface area (Å²) in [5.74, 6) is 2.31. The van der Waals surface area contributed by atoms with Crippen molar-refractivity contribution in [2.75, 3.05) is 0 Å². The predicted molar refractivity (Wildman–Crippen MR) is 50.8 cm³/mol. The number of hydrogen-bond acceptors (Lipinski definition) is 2. The minimum atomic E-state index is -0.430. The molecule has 0 saturated heterocycles. The summed E-state index contributed by atoms with van der Waals surface area (Å²) >= 11 is 3.75. The van der Waals surface area contributed by atoms with Crippen LogP contribution in [0.3, 0.4) is 0 Å². The lowest BCUT2D eigenvalue weighted by molar-refractivity contribution is 0.100.